The number of benzene rings is 1. The largest absolute Gasteiger partial charge is 0.325 e. The zero-order valence-corrected chi connectivity index (χ0v) is 15.2. The minimum absolute atomic E-state index is 0.181. The molecule has 1 heterocycles. The van der Waals surface area contributed by atoms with E-state index in [4.69, 9.17) is 0 Å². The molecule has 1 aliphatic heterocycles. The van der Waals surface area contributed by atoms with Crippen LogP contribution in [0.25, 0.3) is 0 Å². The maximum atomic E-state index is 12.6. The molecule has 3 rings (SSSR count). The predicted molar refractivity (Wildman–Crippen MR) is 95.3 cm³/mol. The summed E-state index contributed by atoms with van der Waals surface area (Å²) >= 11 is 0. The van der Waals surface area contributed by atoms with Crippen LogP contribution in [-0.2, 0) is 9.59 Å². The summed E-state index contributed by atoms with van der Waals surface area (Å²) in [6.07, 6.45) is 1.87. The minimum atomic E-state index is -0.858. The highest BCUT2D eigenvalue weighted by atomic mass is 16.2. The number of nitrogens with one attached hydrogen (secondary N) is 2. The van der Waals surface area contributed by atoms with Gasteiger partial charge in [-0.15, -0.1) is 0 Å². The van der Waals surface area contributed by atoms with Gasteiger partial charge in [-0.2, -0.15) is 0 Å². The Morgan fingerprint density at radius 1 is 1.36 bits per heavy atom. The Balaban J connectivity index is 1.74. The number of para-hydroxylation sites is 1. The zero-order chi connectivity index (χ0) is 18.4. The van der Waals surface area contributed by atoms with Crippen molar-refractivity contribution in [2.24, 2.45) is 5.92 Å². The Kier molecular flexibility index (Phi) is 4.31. The molecular weight excluding hydrogens is 318 g/mol. The van der Waals surface area contributed by atoms with Crippen LogP contribution in [0.1, 0.15) is 50.7 Å². The molecule has 0 spiro atoms. The molecule has 6 nitrogen and oxygen atoms in total. The van der Waals surface area contributed by atoms with Gasteiger partial charge in [-0.1, -0.05) is 32.0 Å². The summed E-state index contributed by atoms with van der Waals surface area (Å²) in [5.74, 6) is -0.227. The Morgan fingerprint density at radius 2 is 2.04 bits per heavy atom. The van der Waals surface area contributed by atoms with Crippen LogP contribution in [0.4, 0.5) is 10.5 Å². The normalized spacial score (nSPS) is 23.2. The Labute approximate surface area is 148 Å². The molecule has 1 saturated carbocycles. The van der Waals surface area contributed by atoms with Crippen molar-refractivity contribution in [3.8, 4) is 0 Å². The highest BCUT2D eigenvalue weighted by Crippen LogP contribution is 2.42. The van der Waals surface area contributed by atoms with E-state index in [-0.39, 0.29) is 30.2 Å². The van der Waals surface area contributed by atoms with Crippen LogP contribution in [0.15, 0.2) is 18.2 Å². The summed E-state index contributed by atoms with van der Waals surface area (Å²) in [6, 6.07) is 5.38. The number of carbonyl (C=O) groups is 3. The van der Waals surface area contributed by atoms with E-state index in [0.717, 1.165) is 34.6 Å². The molecule has 1 aromatic carbocycles. The number of amides is 4. The number of nitrogens with zero attached hydrogens (tertiary/aromatic N) is 1. The molecule has 4 amide bonds. The Hall–Kier alpha value is -2.37. The van der Waals surface area contributed by atoms with E-state index in [1.54, 1.807) is 6.92 Å². The molecule has 0 unspecified atom stereocenters. The van der Waals surface area contributed by atoms with Gasteiger partial charge in [0.1, 0.15) is 12.1 Å². The molecule has 0 radical (unpaired) electrons. The second-order valence-corrected chi connectivity index (χ2v) is 7.54. The van der Waals surface area contributed by atoms with E-state index in [1.165, 1.54) is 0 Å². The third-order valence-electron chi connectivity index (χ3n) is 5.19. The Bertz CT molecular complexity index is 739. The maximum Gasteiger partial charge on any atom is 0.325 e. The molecule has 0 bridgehead atoms. The van der Waals surface area contributed by atoms with Crippen molar-refractivity contribution in [2.75, 3.05) is 11.9 Å². The lowest BCUT2D eigenvalue weighted by molar-refractivity contribution is -0.134. The summed E-state index contributed by atoms with van der Waals surface area (Å²) in [7, 11) is 0. The molecule has 1 atom stereocenters. The van der Waals surface area contributed by atoms with Crippen LogP contribution in [0.3, 0.4) is 0 Å². The van der Waals surface area contributed by atoms with E-state index in [0.29, 0.717) is 0 Å². The van der Waals surface area contributed by atoms with Gasteiger partial charge in [0, 0.05) is 5.69 Å². The van der Waals surface area contributed by atoms with Crippen LogP contribution >= 0.6 is 0 Å². The van der Waals surface area contributed by atoms with Gasteiger partial charge in [-0.3, -0.25) is 14.5 Å². The van der Waals surface area contributed by atoms with Gasteiger partial charge < -0.3 is 10.6 Å². The average Bonchev–Trinajstić information content (AvgIpc) is 3.35. The minimum Gasteiger partial charge on any atom is -0.324 e. The van der Waals surface area contributed by atoms with E-state index in [1.807, 2.05) is 25.1 Å². The first-order chi connectivity index (χ1) is 11.7. The average molecular weight is 343 g/mol. The number of hydrogen-bond acceptors (Lipinski definition) is 3. The molecular formula is C19H25N3O3. The number of carbonyl (C=O) groups excluding carboxylic acids is 3. The second kappa shape index (κ2) is 6.17. The molecule has 1 aromatic rings. The van der Waals surface area contributed by atoms with Gasteiger partial charge in [0.2, 0.25) is 5.91 Å². The summed E-state index contributed by atoms with van der Waals surface area (Å²) in [6.45, 7) is 7.53. The monoisotopic (exact) mass is 343 g/mol. The van der Waals surface area contributed by atoms with E-state index >= 15 is 0 Å². The van der Waals surface area contributed by atoms with Crippen molar-refractivity contribution >= 4 is 23.5 Å². The second-order valence-electron chi connectivity index (χ2n) is 7.54. The van der Waals surface area contributed by atoms with E-state index in [9.17, 15) is 14.4 Å². The summed E-state index contributed by atoms with van der Waals surface area (Å²) in [4.78, 5) is 38.3. The number of rotatable bonds is 5. The first-order valence-electron chi connectivity index (χ1n) is 8.77. The van der Waals surface area contributed by atoms with Crippen molar-refractivity contribution < 1.29 is 14.4 Å². The molecule has 1 saturated heterocycles. The molecule has 1 aliphatic carbocycles. The fourth-order valence-corrected chi connectivity index (χ4v) is 3.46. The predicted octanol–water partition coefficient (Wildman–Crippen LogP) is 2.78. The van der Waals surface area contributed by atoms with Crippen molar-refractivity contribution in [2.45, 2.75) is 52.0 Å². The summed E-state index contributed by atoms with van der Waals surface area (Å²) in [5.41, 5.74) is 1.90. The van der Waals surface area contributed by atoms with Gasteiger partial charge in [0.25, 0.3) is 5.91 Å². The number of imide groups is 1. The molecule has 0 aromatic heterocycles. The van der Waals surface area contributed by atoms with Crippen molar-refractivity contribution in [1.82, 2.24) is 10.2 Å². The van der Waals surface area contributed by atoms with Gasteiger partial charge >= 0.3 is 6.03 Å². The van der Waals surface area contributed by atoms with Crippen LogP contribution in [-0.4, -0.2) is 34.8 Å². The smallest absolute Gasteiger partial charge is 0.324 e. The van der Waals surface area contributed by atoms with Gasteiger partial charge in [-0.05, 0) is 49.7 Å². The number of aryl methyl sites for hydroxylation is 1. The summed E-state index contributed by atoms with van der Waals surface area (Å²) < 4.78 is 0. The number of anilines is 1. The number of urea groups is 1. The van der Waals surface area contributed by atoms with Gasteiger partial charge in [-0.25, -0.2) is 4.79 Å². The molecule has 6 heteroatoms. The topological polar surface area (TPSA) is 78.5 Å². The first kappa shape index (κ1) is 17.5. The lowest BCUT2D eigenvalue weighted by atomic mass is 9.96. The standard InChI is InChI=1S/C19H25N3O3/c1-11(2)14-7-5-6-12(3)16(14)20-15(23)10-22-17(24)19(4,13-8-9-13)21-18(22)25/h5-7,11,13H,8-10H2,1-4H3,(H,20,23)(H,21,25)/t19-/m0/s1. The van der Waals surface area contributed by atoms with Crippen LogP contribution in [0.5, 0.6) is 0 Å². The molecule has 134 valence electrons. The van der Waals surface area contributed by atoms with E-state index in [2.05, 4.69) is 24.5 Å². The fourth-order valence-electron chi connectivity index (χ4n) is 3.46. The third-order valence-corrected chi connectivity index (χ3v) is 5.19. The van der Waals surface area contributed by atoms with Crippen LogP contribution in [0.2, 0.25) is 0 Å². The van der Waals surface area contributed by atoms with Crippen LogP contribution in [0, 0.1) is 12.8 Å². The van der Waals surface area contributed by atoms with Gasteiger partial charge in [0.15, 0.2) is 0 Å². The Morgan fingerprint density at radius 3 is 2.64 bits per heavy atom. The van der Waals surface area contributed by atoms with Crippen molar-refractivity contribution in [3.05, 3.63) is 29.3 Å². The third kappa shape index (κ3) is 3.13. The SMILES string of the molecule is Cc1cccc(C(C)C)c1NC(=O)CN1C(=O)N[C@@](C)(C2CC2)C1=O. The first-order valence-corrected chi connectivity index (χ1v) is 8.77. The lowest BCUT2D eigenvalue weighted by Gasteiger charge is -2.21. The maximum absolute atomic E-state index is 12.6. The van der Waals surface area contributed by atoms with Crippen LogP contribution < -0.4 is 10.6 Å². The fraction of sp³-hybridized carbons (Fsp3) is 0.526. The zero-order valence-electron chi connectivity index (χ0n) is 15.2. The summed E-state index contributed by atoms with van der Waals surface area (Å²) in [5, 5.41) is 5.65. The van der Waals surface area contributed by atoms with Gasteiger partial charge in [0.05, 0.1) is 0 Å². The van der Waals surface area contributed by atoms with Crippen molar-refractivity contribution in [3.63, 3.8) is 0 Å². The molecule has 25 heavy (non-hydrogen) atoms. The lowest BCUT2D eigenvalue weighted by Crippen LogP contribution is -2.46. The van der Waals surface area contributed by atoms with Crippen molar-refractivity contribution in [1.29, 1.82) is 0 Å². The highest BCUT2D eigenvalue weighted by Gasteiger charge is 2.56. The highest BCUT2D eigenvalue weighted by molar-refractivity contribution is 6.10. The number of hydrogen-bond donors (Lipinski definition) is 2. The quantitative estimate of drug-likeness (QED) is 0.807. The molecule has 2 N–H and O–H groups in total. The molecule has 2 fully saturated rings. The molecule has 2 aliphatic rings. The van der Waals surface area contributed by atoms with E-state index < -0.39 is 11.6 Å².